The number of imide groups is 1. The van der Waals surface area contributed by atoms with E-state index in [2.05, 4.69) is 5.32 Å². The van der Waals surface area contributed by atoms with E-state index in [1.54, 1.807) is 24.3 Å². The molecule has 4 nitrogen and oxygen atoms in total. The summed E-state index contributed by atoms with van der Waals surface area (Å²) < 4.78 is 0. The zero-order valence-electron chi connectivity index (χ0n) is 16.1. The largest absolute Gasteiger partial charge is 0.350 e. The molecule has 0 saturated carbocycles. The second kappa shape index (κ2) is 7.57. The predicted octanol–water partition coefficient (Wildman–Crippen LogP) is 5.35. The summed E-state index contributed by atoms with van der Waals surface area (Å²) in [5.74, 6) is -0.757. The van der Waals surface area contributed by atoms with E-state index in [4.69, 9.17) is 11.6 Å². The van der Waals surface area contributed by atoms with Gasteiger partial charge < -0.3 is 5.32 Å². The standard InChI is InChI=1S/C24H19ClN2O2/c1-15-8-13-20(16(2)14-15)26-22-21(17-6-4-3-5-7-17)23(28)27(24(22)29)19-11-9-18(25)10-12-19/h3-14,26H,1-2H3. The van der Waals surface area contributed by atoms with Crippen LogP contribution in [0.25, 0.3) is 5.57 Å². The van der Waals surface area contributed by atoms with Gasteiger partial charge in [0, 0.05) is 10.7 Å². The number of aryl methyl sites for hydroxylation is 2. The van der Waals surface area contributed by atoms with Crippen molar-refractivity contribution < 1.29 is 9.59 Å². The normalized spacial score (nSPS) is 14.0. The molecule has 0 aromatic heterocycles. The van der Waals surface area contributed by atoms with Crippen molar-refractivity contribution in [1.82, 2.24) is 0 Å². The van der Waals surface area contributed by atoms with E-state index >= 15 is 0 Å². The molecule has 144 valence electrons. The van der Waals surface area contributed by atoms with Crippen LogP contribution in [0.2, 0.25) is 5.02 Å². The summed E-state index contributed by atoms with van der Waals surface area (Å²) in [6.45, 7) is 3.98. The lowest BCUT2D eigenvalue weighted by molar-refractivity contribution is -0.120. The SMILES string of the molecule is Cc1ccc(NC2=C(c3ccccc3)C(=O)N(c3ccc(Cl)cc3)C2=O)c(C)c1. The summed E-state index contributed by atoms with van der Waals surface area (Å²) in [6.07, 6.45) is 0. The average molecular weight is 403 g/mol. The highest BCUT2D eigenvalue weighted by atomic mass is 35.5. The van der Waals surface area contributed by atoms with Crippen molar-refractivity contribution in [3.05, 3.63) is 100 Å². The van der Waals surface area contributed by atoms with Gasteiger partial charge in [-0.1, -0.05) is 59.6 Å². The van der Waals surface area contributed by atoms with Crippen LogP contribution in [0.5, 0.6) is 0 Å². The first kappa shape index (κ1) is 19.0. The minimum Gasteiger partial charge on any atom is -0.350 e. The molecule has 2 amide bonds. The van der Waals surface area contributed by atoms with Crippen LogP contribution in [0.4, 0.5) is 11.4 Å². The summed E-state index contributed by atoms with van der Waals surface area (Å²) in [5.41, 5.74) is 4.70. The Kier molecular flexibility index (Phi) is 4.95. The zero-order valence-corrected chi connectivity index (χ0v) is 16.8. The number of hydrogen-bond acceptors (Lipinski definition) is 3. The van der Waals surface area contributed by atoms with Gasteiger partial charge in [0.05, 0.1) is 11.3 Å². The highest BCUT2D eigenvalue weighted by Gasteiger charge is 2.40. The van der Waals surface area contributed by atoms with Gasteiger partial charge in [0.1, 0.15) is 5.70 Å². The fraction of sp³-hybridized carbons (Fsp3) is 0.0833. The van der Waals surface area contributed by atoms with Gasteiger partial charge in [-0.15, -0.1) is 0 Å². The smallest absolute Gasteiger partial charge is 0.282 e. The Morgan fingerprint density at radius 1 is 0.828 bits per heavy atom. The lowest BCUT2D eigenvalue weighted by atomic mass is 10.0. The molecule has 29 heavy (non-hydrogen) atoms. The van der Waals surface area contributed by atoms with E-state index in [1.807, 2.05) is 62.4 Å². The molecule has 0 fully saturated rings. The van der Waals surface area contributed by atoms with Gasteiger partial charge in [-0.25, -0.2) is 4.90 Å². The van der Waals surface area contributed by atoms with Crippen LogP contribution in [0.15, 0.2) is 78.5 Å². The van der Waals surface area contributed by atoms with Gasteiger partial charge in [-0.3, -0.25) is 9.59 Å². The molecule has 0 aliphatic carbocycles. The lowest BCUT2D eigenvalue weighted by Gasteiger charge is -2.16. The number of rotatable bonds is 4. The molecule has 0 saturated heterocycles. The van der Waals surface area contributed by atoms with E-state index in [1.165, 1.54) is 4.90 Å². The second-order valence-corrected chi connectivity index (χ2v) is 7.42. The molecular weight excluding hydrogens is 384 g/mol. The molecule has 0 bridgehead atoms. The third-order valence-corrected chi connectivity index (χ3v) is 5.12. The summed E-state index contributed by atoms with van der Waals surface area (Å²) in [5, 5.41) is 3.76. The zero-order chi connectivity index (χ0) is 20.5. The van der Waals surface area contributed by atoms with Gasteiger partial charge in [-0.05, 0) is 55.3 Å². The fourth-order valence-electron chi connectivity index (χ4n) is 3.43. The molecule has 1 aliphatic rings. The summed E-state index contributed by atoms with van der Waals surface area (Å²) in [4.78, 5) is 27.8. The van der Waals surface area contributed by atoms with Gasteiger partial charge in [-0.2, -0.15) is 0 Å². The predicted molar refractivity (Wildman–Crippen MR) is 117 cm³/mol. The van der Waals surface area contributed by atoms with E-state index in [0.717, 1.165) is 16.8 Å². The first-order valence-electron chi connectivity index (χ1n) is 9.24. The molecular formula is C24H19ClN2O2. The van der Waals surface area contributed by atoms with E-state index < -0.39 is 5.91 Å². The average Bonchev–Trinajstić information content (AvgIpc) is 2.95. The maximum absolute atomic E-state index is 13.3. The van der Waals surface area contributed by atoms with Gasteiger partial charge in [0.2, 0.25) is 0 Å². The van der Waals surface area contributed by atoms with Crippen LogP contribution in [0.3, 0.4) is 0 Å². The van der Waals surface area contributed by atoms with E-state index in [9.17, 15) is 9.59 Å². The Morgan fingerprint density at radius 2 is 1.52 bits per heavy atom. The third kappa shape index (κ3) is 3.55. The van der Waals surface area contributed by atoms with Gasteiger partial charge in [0.25, 0.3) is 11.8 Å². The number of halogens is 1. The summed E-state index contributed by atoms with van der Waals surface area (Å²) in [7, 11) is 0. The number of carbonyl (C=O) groups is 2. The minimum absolute atomic E-state index is 0.267. The topological polar surface area (TPSA) is 49.4 Å². The Balaban J connectivity index is 1.82. The summed E-state index contributed by atoms with van der Waals surface area (Å²) in [6, 6.07) is 21.8. The van der Waals surface area contributed by atoms with Crippen LogP contribution in [0.1, 0.15) is 16.7 Å². The molecule has 0 unspecified atom stereocenters. The Bertz CT molecular complexity index is 1140. The monoisotopic (exact) mass is 402 g/mol. The van der Waals surface area contributed by atoms with Crippen LogP contribution >= 0.6 is 11.6 Å². The van der Waals surface area contributed by atoms with Crippen LogP contribution in [-0.4, -0.2) is 11.8 Å². The number of carbonyl (C=O) groups excluding carboxylic acids is 2. The Morgan fingerprint density at radius 3 is 2.17 bits per heavy atom. The van der Waals surface area contributed by atoms with Gasteiger partial charge in [0.15, 0.2) is 0 Å². The number of nitrogens with one attached hydrogen (secondary N) is 1. The molecule has 3 aromatic carbocycles. The number of anilines is 2. The first-order chi connectivity index (χ1) is 14.0. The van der Waals surface area contributed by atoms with Crippen LogP contribution < -0.4 is 10.2 Å². The van der Waals surface area contributed by atoms with Crippen LogP contribution in [-0.2, 0) is 9.59 Å². The Hall–Kier alpha value is -3.37. The molecule has 0 atom stereocenters. The van der Waals surface area contributed by atoms with Crippen molar-refractivity contribution in [1.29, 1.82) is 0 Å². The highest BCUT2D eigenvalue weighted by Crippen LogP contribution is 2.34. The molecule has 5 heteroatoms. The fourth-order valence-corrected chi connectivity index (χ4v) is 3.56. The molecule has 0 spiro atoms. The molecule has 3 aromatic rings. The first-order valence-corrected chi connectivity index (χ1v) is 9.62. The molecule has 1 N–H and O–H groups in total. The maximum Gasteiger partial charge on any atom is 0.282 e. The van der Waals surface area contributed by atoms with Crippen molar-refractivity contribution >= 4 is 40.4 Å². The van der Waals surface area contributed by atoms with Crippen molar-refractivity contribution in [3.63, 3.8) is 0 Å². The van der Waals surface area contributed by atoms with Gasteiger partial charge >= 0.3 is 0 Å². The third-order valence-electron chi connectivity index (χ3n) is 4.87. The van der Waals surface area contributed by atoms with E-state index in [-0.39, 0.29) is 11.6 Å². The highest BCUT2D eigenvalue weighted by molar-refractivity contribution is 6.46. The quantitative estimate of drug-likeness (QED) is 0.598. The van der Waals surface area contributed by atoms with Crippen molar-refractivity contribution in [2.75, 3.05) is 10.2 Å². The number of benzene rings is 3. The van der Waals surface area contributed by atoms with Crippen LogP contribution in [0, 0.1) is 13.8 Å². The second-order valence-electron chi connectivity index (χ2n) is 6.98. The lowest BCUT2D eigenvalue weighted by Crippen LogP contribution is -2.32. The maximum atomic E-state index is 13.3. The van der Waals surface area contributed by atoms with Crippen molar-refractivity contribution in [2.45, 2.75) is 13.8 Å². The van der Waals surface area contributed by atoms with E-state index in [0.29, 0.717) is 21.8 Å². The number of nitrogens with zero attached hydrogens (tertiary/aromatic N) is 1. The minimum atomic E-state index is -0.392. The number of amides is 2. The molecule has 1 aliphatic heterocycles. The van der Waals surface area contributed by atoms with Crippen molar-refractivity contribution in [2.24, 2.45) is 0 Å². The number of hydrogen-bond donors (Lipinski definition) is 1. The Labute approximate surface area is 174 Å². The van der Waals surface area contributed by atoms with Crippen molar-refractivity contribution in [3.8, 4) is 0 Å². The molecule has 4 rings (SSSR count). The molecule has 1 heterocycles. The summed E-state index contributed by atoms with van der Waals surface area (Å²) >= 11 is 5.97. The molecule has 0 radical (unpaired) electrons.